The van der Waals surface area contributed by atoms with E-state index in [-0.39, 0.29) is 5.97 Å². The number of rotatable bonds is 13. The molecule has 0 saturated carbocycles. The van der Waals surface area contributed by atoms with Crippen LogP contribution in [-0.4, -0.2) is 32.1 Å². The van der Waals surface area contributed by atoms with Gasteiger partial charge < -0.3 is 9.64 Å². The summed E-state index contributed by atoms with van der Waals surface area (Å²) in [5, 5.41) is 0. The molecule has 0 spiro atoms. The molecule has 3 heteroatoms. The largest absolute Gasteiger partial charge is 0.466 e. The third kappa shape index (κ3) is 12.5. The Morgan fingerprint density at radius 1 is 0.905 bits per heavy atom. The molecule has 0 radical (unpaired) electrons. The molecule has 0 aliphatic heterocycles. The zero-order valence-corrected chi connectivity index (χ0v) is 14.6. The van der Waals surface area contributed by atoms with E-state index >= 15 is 0 Å². The van der Waals surface area contributed by atoms with Gasteiger partial charge in [-0.1, -0.05) is 64.7 Å². The zero-order chi connectivity index (χ0) is 15.9. The van der Waals surface area contributed by atoms with E-state index in [2.05, 4.69) is 6.92 Å². The van der Waals surface area contributed by atoms with Crippen LogP contribution in [0.3, 0.4) is 0 Å². The van der Waals surface area contributed by atoms with E-state index in [1.807, 2.05) is 25.2 Å². The van der Waals surface area contributed by atoms with Crippen molar-refractivity contribution in [3.63, 3.8) is 0 Å². The molecule has 0 rings (SSSR count). The lowest BCUT2D eigenvalue weighted by Gasteiger charge is -2.10. The van der Waals surface area contributed by atoms with Gasteiger partial charge in [0.15, 0.2) is 0 Å². The van der Waals surface area contributed by atoms with E-state index in [1.165, 1.54) is 64.9 Å². The average molecular weight is 297 g/mol. The summed E-state index contributed by atoms with van der Waals surface area (Å²) in [5.41, 5.74) is 0.780. The number of hydrogen-bond acceptors (Lipinski definition) is 3. The predicted molar refractivity (Wildman–Crippen MR) is 90.2 cm³/mol. The molecule has 0 unspecified atom stereocenters. The van der Waals surface area contributed by atoms with Gasteiger partial charge in [-0.05, 0) is 12.8 Å². The van der Waals surface area contributed by atoms with Crippen LogP contribution in [-0.2, 0) is 9.53 Å². The van der Waals surface area contributed by atoms with Gasteiger partial charge in [-0.25, -0.2) is 4.79 Å². The SMILES string of the molecule is CCCCCCCCCCCCC(=CN(C)C)C(=O)OC. The van der Waals surface area contributed by atoms with Crippen molar-refractivity contribution in [2.45, 2.75) is 77.6 Å². The third-order valence-electron chi connectivity index (χ3n) is 3.66. The molecule has 0 aliphatic rings. The number of carbonyl (C=O) groups is 1. The van der Waals surface area contributed by atoms with Crippen molar-refractivity contribution in [1.82, 2.24) is 4.90 Å². The molecule has 0 N–H and O–H groups in total. The van der Waals surface area contributed by atoms with Crippen molar-refractivity contribution in [2.75, 3.05) is 21.2 Å². The fourth-order valence-electron chi connectivity index (χ4n) is 2.46. The molecular weight excluding hydrogens is 262 g/mol. The average Bonchev–Trinajstić information content (AvgIpc) is 2.46. The number of esters is 1. The van der Waals surface area contributed by atoms with Crippen molar-refractivity contribution >= 4 is 5.97 Å². The first kappa shape index (κ1) is 20.0. The highest BCUT2D eigenvalue weighted by Gasteiger charge is 2.09. The second-order valence-corrected chi connectivity index (χ2v) is 6.04. The first-order chi connectivity index (χ1) is 10.1. The van der Waals surface area contributed by atoms with E-state index in [0.717, 1.165) is 18.4 Å². The Kier molecular flexibility index (Phi) is 13.3. The van der Waals surface area contributed by atoms with Crippen molar-refractivity contribution in [3.05, 3.63) is 11.8 Å². The number of methoxy groups -OCH3 is 1. The Balaban J connectivity index is 3.61. The number of unbranched alkanes of at least 4 members (excludes halogenated alkanes) is 9. The van der Waals surface area contributed by atoms with E-state index < -0.39 is 0 Å². The normalized spacial score (nSPS) is 11.5. The third-order valence-corrected chi connectivity index (χ3v) is 3.66. The fourth-order valence-corrected chi connectivity index (χ4v) is 2.46. The maximum Gasteiger partial charge on any atom is 0.335 e. The molecule has 0 atom stereocenters. The Morgan fingerprint density at radius 3 is 1.81 bits per heavy atom. The van der Waals surface area contributed by atoms with E-state index in [1.54, 1.807) is 0 Å². The van der Waals surface area contributed by atoms with Crippen LogP contribution in [0.5, 0.6) is 0 Å². The summed E-state index contributed by atoms with van der Waals surface area (Å²) in [5.74, 6) is -0.195. The lowest BCUT2D eigenvalue weighted by molar-refractivity contribution is -0.136. The van der Waals surface area contributed by atoms with Crippen molar-refractivity contribution in [1.29, 1.82) is 0 Å². The Morgan fingerprint density at radius 2 is 1.38 bits per heavy atom. The van der Waals surface area contributed by atoms with Crippen molar-refractivity contribution in [2.24, 2.45) is 0 Å². The quantitative estimate of drug-likeness (QED) is 0.275. The van der Waals surface area contributed by atoms with Crippen LogP contribution in [0.4, 0.5) is 0 Å². The standard InChI is InChI=1S/C18H35NO2/c1-5-6-7-8-9-10-11-12-13-14-15-17(16-19(2)3)18(20)21-4/h16H,5-15H2,1-4H3. The minimum atomic E-state index is -0.195. The molecule has 0 aromatic heterocycles. The molecule has 0 bridgehead atoms. The molecule has 0 amide bonds. The number of nitrogens with zero attached hydrogens (tertiary/aromatic N) is 1. The highest BCUT2D eigenvalue weighted by Crippen LogP contribution is 2.14. The molecule has 3 nitrogen and oxygen atoms in total. The molecule has 124 valence electrons. The molecule has 0 fully saturated rings. The monoisotopic (exact) mass is 297 g/mol. The molecule has 0 saturated heterocycles. The number of hydrogen-bond donors (Lipinski definition) is 0. The number of carbonyl (C=O) groups excluding carboxylic acids is 1. The van der Waals surface area contributed by atoms with Crippen LogP contribution >= 0.6 is 0 Å². The minimum Gasteiger partial charge on any atom is -0.466 e. The van der Waals surface area contributed by atoms with Crippen molar-refractivity contribution < 1.29 is 9.53 Å². The second-order valence-electron chi connectivity index (χ2n) is 6.04. The van der Waals surface area contributed by atoms with E-state index in [4.69, 9.17) is 4.74 Å². The van der Waals surface area contributed by atoms with Crippen LogP contribution in [0, 0.1) is 0 Å². The summed E-state index contributed by atoms with van der Waals surface area (Å²) in [6.45, 7) is 2.26. The lowest BCUT2D eigenvalue weighted by atomic mass is 10.0. The Bertz CT molecular complexity index is 285. The highest BCUT2D eigenvalue weighted by atomic mass is 16.5. The summed E-state index contributed by atoms with van der Waals surface area (Å²) in [6, 6.07) is 0. The van der Waals surface area contributed by atoms with Crippen LogP contribution < -0.4 is 0 Å². The van der Waals surface area contributed by atoms with Gasteiger partial charge in [0.2, 0.25) is 0 Å². The van der Waals surface area contributed by atoms with Gasteiger partial charge in [0.25, 0.3) is 0 Å². The predicted octanol–water partition coefficient (Wildman–Crippen LogP) is 4.92. The smallest absolute Gasteiger partial charge is 0.335 e. The summed E-state index contributed by atoms with van der Waals surface area (Å²) in [4.78, 5) is 13.5. The van der Waals surface area contributed by atoms with Crippen LogP contribution in [0.1, 0.15) is 77.6 Å². The maximum atomic E-state index is 11.6. The summed E-state index contributed by atoms with van der Waals surface area (Å²) < 4.78 is 4.82. The fraction of sp³-hybridized carbons (Fsp3) is 0.833. The van der Waals surface area contributed by atoms with Gasteiger partial charge in [-0.2, -0.15) is 0 Å². The minimum absolute atomic E-state index is 0.195. The highest BCUT2D eigenvalue weighted by molar-refractivity contribution is 5.88. The van der Waals surface area contributed by atoms with Gasteiger partial charge >= 0.3 is 5.97 Å². The molecular formula is C18H35NO2. The van der Waals surface area contributed by atoms with Crippen LogP contribution in [0.2, 0.25) is 0 Å². The molecule has 21 heavy (non-hydrogen) atoms. The van der Waals surface area contributed by atoms with Crippen molar-refractivity contribution in [3.8, 4) is 0 Å². The number of ether oxygens (including phenoxy) is 1. The van der Waals surface area contributed by atoms with E-state index in [0.29, 0.717) is 0 Å². The van der Waals surface area contributed by atoms with Gasteiger partial charge in [-0.3, -0.25) is 0 Å². The first-order valence-electron chi connectivity index (χ1n) is 8.57. The van der Waals surface area contributed by atoms with Gasteiger partial charge in [0.05, 0.1) is 12.7 Å². The molecule has 0 aromatic carbocycles. The lowest BCUT2D eigenvalue weighted by Crippen LogP contribution is -2.10. The topological polar surface area (TPSA) is 29.5 Å². The summed E-state index contributed by atoms with van der Waals surface area (Å²) in [6.07, 6.45) is 15.8. The van der Waals surface area contributed by atoms with Gasteiger partial charge in [0, 0.05) is 20.3 Å². The Labute approximate surface area is 131 Å². The van der Waals surface area contributed by atoms with E-state index in [9.17, 15) is 4.79 Å². The second kappa shape index (κ2) is 14.0. The molecule has 0 heterocycles. The Hall–Kier alpha value is -0.990. The summed E-state index contributed by atoms with van der Waals surface area (Å²) >= 11 is 0. The van der Waals surface area contributed by atoms with Gasteiger partial charge in [0.1, 0.15) is 0 Å². The van der Waals surface area contributed by atoms with Gasteiger partial charge in [-0.15, -0.1) is 0 Å². The first-order valence-corrected chi connectivity index (χ1v) is 8.57. The zero-order valence-electron chi connectivity index (χ0n) is 14.6. The maximum absolute atomic E-state index is 11.6. The molecule has 0 aliphatic carbocycles. The van der Waals surface area contributed by atoms with Crippen LogP contribution in [0.25, 0.3) is 0 Å². The molecule has 0 aromatic rings. The summed E-state index contributed by atoms with van der Waals surface area (Å²) in [7, 11) is 5.31. The van der Waals surface area contributed by atoms with Crippen LogP contribution in [0.15, 0.2) is 11.8 Å².